The zero-order valence-corrected chi connectivity index (χ0v) is 22.4. The maximum Gasteiger partial charge on any atom is 0.433 e. The minimum absolute atomic E-state index is 0.115. The number of nitrogens with one attached hydrogen (secondary N) is 4. The van der Waals surface area contributed by atoms with Crippen LogP contribution >= 0.6 is 11.6 Å². The zero-order chi connectivity index (χ0) is 30.2. The van der Waals surface area contributed by atoms with E-state index in [2.05, 4.69) is 31.0 Å². The Kier molecular flexibility index (Phi) is 10.2. The first-order valence-corrected chi connectivity index (χ1v) is 12.1. The number of aromatic nitrogens is 5. The minimum atomic E-state index is -4.62. The van der Waals surface area contributed by atoms with Gasteiger partial charge >= 0.3 is 6.18 Å². The number of fused-ring (bicyclic) bond motifs is 1. The molecule has 218 valence electrons. The van der Waals surface area contributed by atoms with E-state index in [0.29, 0.717) is 18.8 Å². The van der Waals surface area contributed by atoms with Crippen molar-refractivity contribution in [3.05, 3.63) is 59.3 Å². The van der Waals surface area contributed by atoms with Gasteiger partial charge in [0.15, 0.2) is 11.5 Å². The van der Waals surface area contributed by atoms with Gasteiger partial charge in [-0.3, -0.25) is 23.9 Å². The van der Waals surface area contributed by atoms with Crippen molar-refractivity contribution in [3.8, 4) is 11.3 Å². The number of carbonyl (C=O) groups is 3. The summed E-state index contributed by atoms with van der Waals surface area (Å²) in [5, 5.41) is 20.7. The van der Waals surface area contributed by atoms with Gasteiger partial charge in [-0.15, -0.1) is 0 Å². The third-order valence-electron chi connectivity index (χ3n) is 5.39. The smallest absolute Gasteiger partial charge is 0.433 e. The minimum Gasteiger partial charge on any atom is -0.483 e. The summed E-state index contributed by atoms with van der Waals surface area (Å²) in [6.07, 6.45) is 0.634. The number of H-pyrrole nitrogens is 1. The Morgan fingerprint density at radius 3 is 2.59 bits per heavy atom. The van der Waals surface area contributed by atoms with Crippen LogP contribution in [0.2, 0.25) is 5.02 Å². The maximum absolute atomic E-state index is 13.3. The lowest BCUT2D eigenvalue weighted by atomic mass is 10.2. The summed E-state index contributed by atoms with van der Waals surface area (Å²) >= 11 is 6.31. The number of aromatic amines is 1. The average Bonchev–Trinajstić information content (AvgIpc) is 3.55. The van der Waals surface area contributed by atoms with Crippen LogP contribution in [0.5, 0.6) is 0 Å². The van der Waals surface area contributed by atoms with Crippen LogP contribution in [-0.2, 0) is 15.8 Å². The molecule has 1 aromatic carbocycles. The Bertz CT molecular complexity index is 1520. The molecule has 0 radical (unpaired) electrons. The lowest BCUT2D eigenvalue weighted by molar-refractivity contribution is -0.140. The molecule has 3 aromatic heterocycles. The van der Waals surface area contributed by atoms with Crippen LogP contribution in [0.3, 0.4) is 0 Å². The average molecular weight is 596 g/mol. The molecule has 0 atom stereocenters. The van der Waals surface area contributed by atoms with Crippen molar-refractivity contribution in [3.63, 3.8) is 0 Å². The lowest BCUT2D eigenvalue weighted by Gasteiger charge is -2.12. The number of likely N-dealkylation sites (N-methyl/N-ethyl adjacent to an activating group) is 1. The molecule has 13 nitrogen and oxygen atoms in total. The van der Waals surface area contributed by atoms with E-state index < -0.39 is 17.8 Å². The molecule has 0 unspecified atom stereocenters. The van der Waals surface area contributed by atoms with Gasteiger partial charge in [0.2, 0.25) is 5.91 Å². The fourth-order valence-corrected chi connectivity index (χ4v) is 3.82. The van der Waals surface area contributed by atoms with Gasteiger partial charge in [0, 0.05) is 31.2 Å². The van der Waals surface area contributed by atoms with Gasteiger partial charge < -0.3 is 26.0 Å². The fourth-order valence-electron chi connectivity index (χ4n) is 3.55. The van der Waals surface area contributed by atoms with Gasteiger partial charge in [-0.05, 0) is 32.3 Å². The van der Waals surface area contributed by atoms with Gasteiger partial charge in [0.25, 0.3) is 12.4 Å². The highest BCUT2D eigenvalue weighted by atomic mass is 35.5. The highest BCUT2D eigenvalue weighted by Gasteiger charge is 2.36. The number of hydrogen-bond acceptors (Lipinski definition) is 8. The molecule has 2 amide bonds. The molecule has 5 N–H and O–H groups in total. The van der Waals surface area contributed by atoms with Gasteiger partial charge in [0.05, 0.1) is 40.8 Å². The molecule has 4 rings (SSSR count). The van der Waals surface area contributed by atoms with Crippen molar-refractivity contribution in [2.75, 3.05) is 39.0 Å². The van der Waals surface area contributed by atoms with E-state index >= 15 is 0 Å². The molecule has 0 aliphatic rings. The first-order chi connectivity index (χ1) is 19.5. The second-order valence-electron chi connectivity index (χ2n) is 8.53. The number of benzene rings is 1. The van der Waals surface area contributed by atoms with Crippen LogP contribution in [0.1, 0.15) is 16.1 Å². The van der Waals surface area contributed by atoms with Crippen LogP contribution in [0.15, 0.2) is 43.0 Å². The number of rotatable bonds is 9. The lowest BCUT2D eigenvalue weighted by Crippen LogP contribution is -2.39. The summed E-state index contributed by atoms with van der Waals surface area (Å²) in [5.41, 5.74) is -0.105. The van der Waals surface area contributed by atoms with E-state index in [1.165, 1.54) is 35.1 Å². The monoisotopic (exact) mass is 595 g/mol. The quantitative estimate of drug-likeness (QED) is 0.183. The van der Waals surface area contributed by atoms with E-state index in [0.717, 1.165) is 6.20 Å². The maximum atomic E-state index is 13.3. The number of carboxylic acid groups (broad SMARTS) is 1. The number of anilines is 2. The number of nitrogens with zero attached hydrogens (tertiary/aromatic N) is 5. The molecule has 0 spiro atoms. The number of halogens is 4. The molecular formula is C24H25ClF3N9O4. The summed E-state index contributed by atoms with van der Waals surface area (Å²) < 4.78 is 41.5. The number of alkyl halides is 3. The molecule has 4 aromatic rings. The van der Waals surface area contributed by atoms with Crippen molar-refractivity contribution in [2.45, 2.75) is 6.18 Å². The van der Waals surface area contributed by atoms with Gasteiger partial charge in [-0.2, -0.15) is 18.3 Å². The van der Waals surface area contributed by atoms with E-state index in [1.807, 2.05) is 24.1 Å². The zero-order valence-electron chi connectivity index (χ0n) is 21.7. The molecule has 0 aliphatic carbocycles. The van der Waals surface area contributed by atoms with Crippen LogP contribution in [-0.4, -0.2) is 86.6 Å². The topological polar surface area (TPSA) is 170 Å². The van der Waals surface area contributed by atoms with E-state index in [9.17, 15) is 22.8 Å². The van der Waals surface area contributed by atoms with Crippen LogP contribution in [0, 0.1) is 0 Å². The molecule has 0 aliphatic heterocycles. The van der Waals surface area contributed by atoms with Gasteiger partial charge in [0.1, 0.15) is 5.69 Å². The predicted molar refractivity (Wildman–Crippen MR) is 143 cm³/mol. The van der Waals surface area contributed by atoms with E-state index in [1.54, 1.807) is 6.07 Å². The fraction of sp³-hybridized carbons (Fsp3) is 0.250. The summed E-state index contributed by atoms with van der Waals surface area (Å²) in [5.74, 6) is -0.605. The molecule has 41 heavy (non-hydrogen) atoms. The SMILES string of the molecule is CN(C)CCNC(=O)CNC(=O)c1ccc(Nc2nccn3c(-c4cn[nH]c4C(F)(F)F)cnc23)cc1Cl.O=CO. The van der Waals surface area contributed by atoms with Gasteiger partial charge in [-0.25, -0.2) is 9.97 Å². The largest absolute Gasteiger partial charge is 0.483 e. The first-order valence-electron chi connectivity index (χ1n) is 11.7. The molecule has 0 saturated carbocycles. The van der Waals surface area contributed by atoms with Gasteiger partial charge in [-0.1, -0.05) is 11.6 Å². The predicted octanol–water partition coefficient (Wildman–Crippen LogP) is 2.64. The molecule has 0 saturated heterocycles. The molecule has 0 fully saturated rings. The summed E-state index contributed by atoms with van der Waals surface area (Å²) in [6.45, 7) is 0.664. The highest BCUT2D eigenvalue weighted by Crippen LogP contribution is 2.36. The standard InChI is InChI=1S/C23H23ClF3N9O2.CH2O2/c1-35(2)7-5-28-18(37)12-31-22(38)14-4-3-13(9-16(14)24)33-20-21-30-11-17(36(21)8-6-29-20)15-10-32-34-19(15)23(25,26)27;2-1-3/h3-4,6,8-11H,5,7,12H2,1-2H3,(H,28,37)(H,29,33)(H,31,38)(H,32,34);1H,(H,2,3). The number of carbonyl (C=O) groups excluding carboxylic acids is 2. The molecule has 17 heteroatoms. The molecular weight excluding hydrogens is 571 g/mol. The van der Waals surface area contributed by atoms with Crippen LogP contribution in [0.4, 0.5) is 24.7 Å². The first kappa shape index (κ1) is 30.8. The Labute approximate surface area is 235 Å². The van der Waals surface area contributed by atoms with Crippen molar-refractivity contribution >= 4 is 47.0 Å². The van der Waals surface area contributed by atoms with Crippen molar-refractivity contribution in [1.82, 2.24) is 40.1 Å². The number of hydrogen-bond donors (Lipinski definition) is 5. The Morgan fingerprint density at radius 1 is 1.20 bits per heavy atom. The summed E-state index contributed by atoms with van der Waals surface area (Å²) in [7, 11) is 3.76. The Hall–Kier alpha value is -4.70. The summed E-state index contributed by atoms with van der Waals surface area (Å²) in [6, 6.07) is 4.54. The Balaban J connectivity index is 0.00000147. The third-order valence-corrected chi connectivity index (χ3v) is 5.71. The van der Waals surface area contributed by atoms with E-state index in [-0.39, 0.29) is 52.2 Å². The third kappa shape index (κ3) is 7.92. The number of amides is 2. The second-order valence-corrected chi connectivity index (χ2v) is 8.94. The van der Waals surface area contributed by atoms with E-state index in [4.69, 9.17) is 21.5 Å². The molecule has 3 heterocycles. The van der Waals surface area contributed by atoms with Crippen molar-refractivity contribution < 1.29 is 32.7 Å². The van der Waals surface area contributed by atoms with Crippen molar-refractivity contribution in [2.24, 2.45) is 0 Å². The second kappa shape index (κ2) is 13.6. The van der Waals surface area contributed by atoms with Crippen LogP contribution < -0.4 is 16.0 Å². The number of imidazole rings is 1. The normalized spacial score (nSPS) is 11.1. The molecule has 0 bridgehead atoms. The van der Waals surface area contributed by atoms with Crippen LogP contribution in [0.25, 0.3) is 16.9 Å². The Morgan fingerprint density at radius 2 is 1.93 bits per heavy atom. The highest BCUT2D eigenvalue weighted by molar-refractivity contribution is 6.34. The van der Waals surface area contributed by atoms with Crippen molar-refractivity contribution in [1.29, 1.82) is 0 Å². The summed E-state index contributed by atoms with van der Waals surface area (Å²) in [4.78, 5) is 43.1.